The minimum Gasteiger partial charge on any atom is -0.322 e. The number of nitrogens with zero attached hydrogens (tertiary/aromatic N) is 1. The second-order valence-electron chi connectivity index (χ2n) is 4.03. The molecular weight excluding hydrogens is 243 g/mol. The number of nitrogens with one attached hydrogen (secondary N) is 1. The van der Waals surface area contributed by atoms with Crippen LogP contribution in [0.15, 0.2) is 54.9 Å². The number of benzene rings is 1. The van der Waals surface area contributed by atoms with Gasteiger partial charge in [0.1, 0.15) is 5.82 Å². The lowest BCUT2D eigenvalue weighted by Crippen LogP contribution is -2.08. The second-order valence-corrected chi connectivity index (χ2v) is 4.03. The molecule has 0 spiro atoms. The second kappa shape index (κ2) is 5.91. The van der Waals surface area contributed by atoms with Crippen LogP contribution >= 0.6 is 0 Å². The minimum atomic E-state index is -0.340. The van der Waals surface area contributed by atoms with Crippen molar-refractivity contribution in [2.75, 3.05) is 5.32 Å². The zero-order chi connectivity index (χ0) is 13.7. The first-order chi connectivity index (χ1) is 9.16. The molecule has 0 bridgehead atoms. The van der Waals surface area contributed by atoms with Gasteiger partial charge in [0.15, 0.2) is 0 Å². The van der Waals surface area contributed by atoms with Crippen molar-refractivity contribution in [3.8, 4) is 0 Å². The third-order valence-electron chi connectivity index (χ3n) is 2.59. The normalized spacial score (nSPS) is 11.2. The zero-order valence-corrected chi connectivity index (χ0v) is 10.4. The van der Waals surface area contributed by atoms with E-state index in [9.17, 15) is 9.18 Å². The largest absolute Gasteiger partial charge is 0.322 e. The number of hydrogen-bond acceptors (Lipinski definition) is 2. The van der Waals surface area contributed by atoms with E-state index in [1.54, 1.807) is 49.6 Å². The molecule has 0 aliphatic rings. The number of aromatic nitrogens is 1. The fraction of sp³-hybridized carbons (Fsp3) is 0.0667. The first-order valence-electron chi connectivity index (χ1n) is 5.81. The number of carbonyl (C=O) groups excluding carboxylic acids is 1. The summed E-state index contributed by atoms with van der Waals surface area (Å²) >= 11 is 0. The fourth-order valence-electron chi connectivity index (χ4n) is 1.67. The lowest BCUT2D eigenvalue weighted by Gasteiger charge is -2.04. The molecule has 1 heterocycles. The molecule has 1 aromatic carbocycles. The average molecular weight is 256 g/mol. The summed E-state index contributed by atoms with van der Waals surface area (Å²) in [5.41, 5.74) is 1.65. The SMILES string of the molecule is C/C(=C/C(=O)Nc1ccncc1)c1ccccc1F. The van der Waals surface area contributed by atoms with Gasteiger partial charge >= 0.3 is 0 Å². The molecule has 0 saturated heterocycles. The highest BCUT2D eigenvalue weighted by Gasteiger charge is 2.05. The van der Waals surface area contributed by atoms with E-state index in [4.69, 9.17) is 0 Å². The third kappa shape index (κ3) is 3.48. The van der Waals surface area contributed by atoms with Gasteiger partial charge in [0.2, 0.25) is 5.91 Å². The van der Waals surface area contributed by atoms with Crippen LogP contribution in [-0.2, 0) is 4.79 Å². The molecule has 0 unspecified atom stereocenters. The Balaban J connectivity index is 2.13. The van der Waals surface area contributed by atoms with Crippen molar-refractivity contribution >= 4 is 17.2 Å². The van der Waals surface area contributed by atoms with Crippen molar-refractivity contribution in [1.82, 2.24) is 4.98 Å². The van der Waals surface area contributed by atoms with Gasteiger partial charge in [-0.3, -0.25) is 9.78 Å². The Morgan fingerprint density at radius 1 is 1.21 bits per heavy atom. The van der Waals surface area contributed by atoms with Crippen molar-refractivity contribution in [3.63, 3.8) is 0 Å². The highest BCUT2D eigenvalue weighted by Crippen LogP contribution is 2.17. The average Bonchev–Trinajstić information content (AvgIpc) is 2.40. The molecule has 19 heavy (non-hydrogen) atoms. The Bertz CT molecular complexity index is 609. The van der Waals surface area contributed by atoms with Gasteiger partial charge in [-0.1, -0.05) is 18.2 Å². The van der Waals surface area contributed by atoms with Crippen molar-refractivity contribution in [2.45, 2.75) is 6.92 Å². The van der Waals surface area contributed by atoms with Crippen LogP contribution < -0.4 is 5.32 Å². The summed E-state index contributed by atoms with van der Waals surface area (Å²) in [6, 6.07) is 9.72. The maximum Gasteiger partial charge on any atom is 0.248 e. The smallest absolute Gasteiger partial charge is 0.248 e. The number of anilines is 1. The van der Waals surface area contributed by atoms with E-state index in [2.05, 4.69) is 10.3 Å². The van der Waals surface area contributed by atoms with E-state index in [-0.39, 0.29) is 11.7 Å². The van der Waals surface area contributed by atoms with Crippen LogP contribution in [-0.4, -0.2) is 10.9 Å². The van der Waals surface area contributed by atoms with Gasteiger partial charge in [-0.05, 0) is 30.7 Å². The molecule has 1 N–H and O–H groups in total. The topological polar surface area (TPSA) is 42.0 Å². The van der Waals surface area contributed by atoms with Crippen molar-refractivity contribution in [2.24, 2.45) is 0 Å². The van der Waals surface area contributed by atoms with Gasteiger partial charge in [-0.2, -0.15) is 0 Å². The Morgan fingerprint density at radius 2 is 1.89 bits per heavy atom. The first-order valence-corrected chi connectivity index (χ1v) is 5.81. The fourth-order valence-corrected chi connectivity index (χ4v) is 1.67. The summed E-state index contributed by atoms with van der Waals surface area (Å²) in [4.78, 5) is 15.6. The number of amides is 1. The van der Waals surface area contributed by atoms with E-state index in [1.807, 2.05) is 0 Å². The molecule has 1 aromatic heterocycles. The summed E-state index contributed by atoms with van der Waals surface area (Å²) < 4.78 is 13.5. The Hall–Kier alpha value is -2.49. The van der Waals surface area contributed by atoms with E-state index < -0.39 is 0 Å². The number of hydrogen-bond donors (Lipinski definition) is 1. The molecule has 2 rings (SSSR count). The molecule has 0 radical (unpaired) electrons. The quantitative estimate of drug-likeness (QED) is 0.856. The maximum atomic E-state index is 13.5. The molecule has 2 aromatic rings. The van der Waals surface area contributed by atoms with Gasteiger partial charge < -0.3 is 5.32 Å². The summed E-state index contributed by atoms with van der Waals surface area (Å²) in [5, 5.41) is 2.68. The van der Waals surface area contributed by atoms with E-state index in [0.717, 1.165) is 0 Å². The molecule has 0 aliphatic carbocycles. The summed E-state index contributed by atoms with van der Waals surface area (Å²) in [5.74, 6) is -0.639. The number of carbonyl (C=O) groups is 1. The van der Waals surface area contributed by atoms with Crippen molar-refractivity contribution in [3.05, 3.63) is 66.2 Å². The van der Waals surface area contributed by atoms with Crippen LogP contribution in [0.25, 0.3) is 5.57 Å². The molecule has 0 atom stereocenters. The number of halogens is 1. The van der Waals surface area contributed by atoms with Crippen LogP contribution in [0.5, 0.6) is 0 Å². The van der Waals surface area contributed by atoms with Gasteiger partial charge in [0.05, 0.1) is 0 Å². The Kier molecular flexibility index (Phi) is 4.03. The first kappa shape index (κ1) is 13.0. The molecule has 0 fully saturated rings. The molecular formula is C15H13FN2O. The van der Waals surface area contributed by atoms with Gasteiger partial charge in [-0.15, -0.1) is 0 Å². The molecule has 4 heteroatoms. The van der Waals surface area contributed by atoms with Gasteiger partial charge in [-0.25, -0.2) is 4.39 Å². The summed E-state index contributed by atoms with van der Waals surface area (Å²) in [6.45, 7) is 1.70. The highest BCUT2D eigenvalue weighted by atomic mass is 19.1. The van der Waals surface area contributed by atoms with Crippen LogP contribution in [0.2, 0.25) is 0 Å². The Labute approximate surface area is 110 Å². The molecule has 1 amide bonds. The molecule has 0 aliphatic heterocycles. The van der Waals surface area contributed by atoms with Gasteiger partial charge in [0.25, 0.3) is 0 Å². The van der Waals surface area contributed by atoms with Gasteiger partial charge in [0, 0.05) is 29.7 Å². The lowest BCUT2D eigenvalue weighted by atomic mass is 10.1. The molecule has 3 nitrogen and oxygen atoms in total. The predicted octanol–water partition coefficient (Wildman–Crippen LogP) is 3.26. The van der Waals surface area contributed by atoms with Crippen LogP contribution in [0, 0.1) is 5.82 Å². The Morgan fingerprint density at radius 3 is 2.58 bits per heavy atom. The number of allylic oxidation sites excluding steroid dienone is 1. The van der Waals surface area contributed by atoms with E-state index in [0.29, 0.717) is 16.8 Å². The lowest BCUT2D eigenvalue weighted by molar-refractivity contribution is -0.111. The number of pyridine rings is 1. The molecule has 96 valence electrons. The van der Waals surface area contributed by atoms with Crippen LogP contribution in [0.3, 0.4) is 0 Å². The standard InChI is InChI=1S/C15H13FN2O/c1-11(13-4-2-3-5-14(13)16)10-15(19)18-12-6-8-17-9-7-12/h2-10H,1H3,(H,17,18,19)/b11-10-. The monoisotopic (exact) mass is 256 g/mol. The van der Waals surface area contributed by atoms with Crippen LogP contribution in [0.4, 0.5) is 10.1 Å². The highest BCUT2D eigenvalue weighted by molar-refractivity contribution is 6.03. The van der Waals surface area contributed by atoms with E-state index in [1.165, 1.54) is 12.1 Å². The predicted molar refractivity (Wildman–Crippen MR) is 72.9 cm³/mol. The number of rotatable bonds is 3. The third-order valence-corrected chi connectivity index (χ3v) is 2.59. The minimum absolute atomic E-state index is 0.299. The van der Waals surface area contributed by atoms with Crippen LogP contribution in [0.1, 0.15) is 12.5 Å². The van der Waals surface area contributed by atoms with Crippen molar-refractivity contribution < 1.29 is 9.18 Å². The maximum absolute atomic E-state index is 13.5. The zero-order valence-electron chi connectivity index (χ0n) is 10.4. The van der Waals surface area contributed by atoms with Crippen molar-refractivity contribution in [1.29, 1.82) is 0 Å². The molecule has 0 saturated carbocycles. The van der Waals surface area contributed by atoms with E-state index >= 15 is 0 Å². The summed E-state index contributed by atoms with van der Waals surface area (Å²) in [6.07, 6.45) is 4.55. The summed E-state index contributed by atoms with van der Waals surface area (Å²) in [7, 11) is 0.